The van der Waals surface area contributed by atoms with Crippen molar-refractivity contribution in [1.82, 2.24) is 9.78 Å². The molecule has 0 aliphatic heterocycles. The molecule has 0 saturated heterocycles. The predicted molar refractivity (Wildman–Crippen MR) is 82.7 cm³/mol. The molecule has 0 saturated carbocycles. The summed E-state index contributed by atoms with van der Waals surface area (Å²) < 4.78 is 1.61. The zero-order chi connectivity index (χ0) is 15.2. The van der Waals surface area contributed by atoms with Crippen molar-refractivity contribution in [2.24, 2.45) is 5.73 Å². The first kappa shape index (κ1) is 14.8. The van der Waals surface area contributed by atoms with Gasteiger partial charge in [-0.05, 0) is 43.7 Å². The Hall–Kier alpha value is -2.58. The zero-order valence-electron chi connectivity index (χ0n) is 12.1. The van der Waals surface area contributed by atoms with Crippen LogP contribution < -0.4 is 11.1 Å². The summed E-state index contributed by atoms with van der Waals surface area (Å²) in [4.78, 5) is 12.2. The van der Waals surface area contributed by atoms with E-state index in [0.717, 1.165) is 16.8 Å². The largest absolute Gasteiger partial charge is 0.324 e. The molecule has 0 aliphatic carbocycles. The Morgan fingerprint density at radius 2 is 2.33 bits per heavy atom. The number of nitrogens with zero attached hydrogens (tertiary/aromatic N) is 2. The Bertz CT molecular complexity index is 680. The van der Waals surface area contributed by atoms with Crippen LogP contribution in [0.1, 0.15) is 24.1 Å². The molecule has 0 aliphatic rings. The van der Waals surface area contributed by atoms with Crippen molar-refractivity contribution in [2.75, 3.05) is 11.9 Å². The highest BCUT2D eigenvalue weighted by molar-refractivity contribution is 5.93. The molecular formula is C16H18N4O. The fraction of sp³-hybridized carbons (Fsp3) is 0.250. The minimum atomic E-state index is -0.364. The standard InChI is InChI=1S/C16H18N4O/c1-12-11-15(7-6-14(12)5-3-8-17)19-16(21)13(2)20-10-4-9-18-20/h4,6-7,9-11,13H,8,17H2,1-2H3,(H,19,21). The first-order valence-electron chi connectivity index (χ1n) is 6.71. The van der Waals surface area contributed by atoms with E-state index in [2.05, 4.69) is 22.3 Å². The highest BCUT2D eigenvalue weighted by Gasteiger charge is 2.15. The minimum absolute atomic E-state index is 0.112. The van der Waals surface area contributed by atoms with Crippen molar-refractivity contribution in [3.63, 3.8) is 0 Å². The van der Waals surface area contributed by atoms with Gasteiger partial charge in [0.05, 0.1) is 6.54 Å². The maximum Gasteiger partial charge on any atom is 0.248 e. The van der Waals surface area contributed by atoms with Gasteiger partial charge in [0, 0.05) is 23.6 Å². The SMILES string of the molecule is Cc1cc(NC(=O)C(C)n2cccn2)ccc1C#CCN. The third kappa shape index (κ3) is 3.71. The van der Waals surface area contributed by atoms with Crippen LogP contribution >= 0.6 is 0 Å². The van der Waals surface area contributed by atoms with Crippen LogP contribution in [0.4, 0.5) is 5.69 Å². The van der Waals surface area contributed by atoms with E-state index in [1.807, 2.05) is 25.1 Å². The van der Waals surface area contributed by atoms with Crippen LogP contribution in [0.3, 0.4) is 0 Å². The van der Waals surface area contributed by atoms with Crippen LogP contribution in [0.2, 0.25) is 0 Å². The molecule has 1 aromatic carbocycles. The quantitative estimate of drug-likeness (QED) is 0.842. The summed E-state index contributed by atoms with van der Waals surface area (Å²) in [6, 6.07) is 7.04. The number of anilines is 1. The van der Waals surface area contributed by atoms with Crippen LogP contribution in [0.15, 0.2) is 36.7 Å². The first-order valence-corrected chi connectivity index (χ1v) is 6.71. The summed E-state index contributed by atoms with van der Waals surface area (Å²) in [6.07, 6.45) is 3.42. The molecule has 1 atom stereocenters. The smallest absolute Gasteiger partial charge is 0.248 e. The van der Waals surface area contributed by atoms with Gasteiger partial charge in [-0.1, -0.05) is 11.8 Å². The van der Waals surface area contributed by atoms with E-state index in [0.29, 0.717) is 6.54 Å². The second kappa shape index (κ2) is 6.73. The Balaban J connectivity index is 2.09. The number of hydrogen-bond donors (Lipinski definition) is 2. The maximum atomic E-state index is 12.2. The van der Waals surface area contributed by atoms with Gasteiger partial charge >= 0.3 is 0 Å². The molecule has 1 amide bonds. The summed E-state index contributed by atoms with van der Waals surface area (Å²) in [6.45, 7) is 4.09. The van der Waals surface area contributed by atoms with Crippen molar-refractivity contribution in [2.45, 2.75) is 19.9 Å². The summed E-state index contributed by atoms with van der Waals surface area (Å²) in [7, 11) is 0. The van der Waals surface area contributed by atoms with Crippen molar-refractivity contribution in [3.8, 4) is 11.8 Å². The van der Waals surface area contributed by atoms with E-state index >= 15 is 0 Å². The molecule has 1 aromatic heterocycles. The summed E-state index contributed by atoms with van der Waals surface area (Å²) in [5.74, 6) is 5.71. The van der Waals surface area contributed by atoms with Gasteiger partial charge in [-0.3, -0.25) is 9.48 Å². The Morgan fingerprint density at radius 1 is 1.52 bits per heavy atom. The van der Waals surface area contributed by atoms with E-state index in [1.54, 1.807) is 30.1 Å². The molecule has 5 nitrogen and oxygen atoms in total. The molecule has 21 heavy (non-hydrogen) atoms. The number of nitrogens with one attached hydrogen (secondary N) is 1. The van der Waals surface area contributed by atoms with Crippen molar-refractivity contribution >= 4 is 11.6 Å². The molecule has 2 rings (SSSR count). The number of hydrogen-bond acceptors (Lipinski definition) is 3. The molecule has 3 N–H and O–H groups in total. The number of aromatic nitrogens is 2. The average Bonchev–Trinajstić information content (AvgIpc) is 2.99. The predicted octanol–water partition coefficient (Wildman–Crippen LogP) is 1.70. The van der Waals surface area contributed by atoms with Gasteiger partial charge in [0.1, 0.15) is 6.04 Å². The number of benzene rings is 1. The number of carbonyl (C=O) groups is 1. The highest BCUT2D eigenvalue weighted by Crippen LogP contribution is 2.16. The number of rotatable bonds is 3. The van der Waals surface area contributed by atoms with Crippen LogP contribution in [0.5, 0.6) is 0 Å². The average molecular weight is 282 g/mol. The molecule has 0 fully saturated rings. The lowest BCUT2D eigenvalue weighted by Gasteiger charge is -2.13. The second-order valence-corrected chi connectivity index (χ2v) is 4.69. The van der Waals surface area contributed by atoms with Crippen molar-refractivity contribution in [1.29, 1.82) is 0 Å². The number of amides is 1. The highest BCUT2D eigenvalue weighted by atomic mass is 16.2. The summed E-state index contributed by atoms with van der Waals surface area (Å²) in [5, 5.41) is 6.95. The van der Waals surface area contributed by atoms with Gasteiger partial charge < -0.3 is 11.1 Å². The Kier molecular flexibility index (Phi) is 4.75. The van der Waals surface area contributed by atoms with Gasteiger partial charge in [-0.15, -0.1) is 0 Å². The van der Waals surface area contributed by atoms with Crippen LogP contribution in [0, 0.1) is 18.8 Å². The van der Waals surface area contributed by atoms with Crippen molar-refractivity contribution in [3.05, 3.63) is 47.8 Å². The molecule has 1 unspecified atom stereocenters. The van der Waals surface area contributed by atoms with E-state index < -0.39 is 0 Å². The van der Waals surface area contributed by atoms with Crippen molar-refractivity contribution < 1.29 is 4.79 Å². The molecule has 2 aromatic rings. The summed E-state index contributed by atoms with van der Waals surface area (Å²) in [5.41, 5.74) is 8.02. The molecule has 1 heterocycles. The van der Waals surface area contributed by atoms with E-state index in [9.17, 15) is 4.79 Å². The molecule has 0 bridgehead atoms. The molecule has 108 valence electrons. The fourth-order valence-electron chi connectivity index (χ4n) is 1.90. The minimum Gasteiger partial charge on any atom is -0.324 e. The third-order valence-electron chi connectivity index (χ3n) is 3.12. The van der Waals surface area contributed by atoms with Gasteiger partial charge in [0.15, 0.2) is 0 Å². The van der Waals surface area contributed by atoms with Crippen LogP contribution in [0.25, 0.3) is 0 Å². The first-order chi connectivity index (χ1) is 10.1. The van der Waals surface area contributed by atoms with Gasteiger partial charge in [-0.2, -0.15) is 5.10 Å². The Labute approximate surface area is 124 Å². The zero-order valence-corrected chi connectivity index (χ0v) is 12.1. The molecular weight excluding hydrogens is 264 g/mol. The fourth-order valence-corrected chi connectivity index (χ4v) is 1.90. The van der Waals surface area contributed by atoms with Gasteiger partial charge in [0.2, 0.25) is 5.91 Å². The normalized spacial score (nSPS) is 11.4. The summed E-state index contributed by atoms with van der Waals surface area (Å²) >= 11 is 0. The Morgan fingerprint density at radius 3 is 2.95 bits per heavy atom. The molecule has 0 spiro atoms. The number of carbonyl (C=O) groups excluding carboxylic acids is 1. The molecule has 0 radical (unpaired) electrons. The van der Waals surface area contributed by atoms with Gasteiger partial charge in [0.25, 0.3) is 0 Å². The number of nitrogens with two attached hydrogens (primary N) is 1. The lowest BCUT2D eigenvalue weighted by molar-refractivity contribution is -0.119. The van der Waals surface area contributed by atoms with Gasteiger partial charge in [-0.25, -0.2) is 0 Å². The van der Waals surface area contributed by atoms with E-state index in [-0.39, 0.29) is 11.9 Å². The monoisotopic (exact) mass is 282 g/mol. The topological polar surface area (TPSA) is 72.9 Å². The third-order valence-corrected chi connectivity index (χ3v) is 3.12. The van der Waals surface area contributed by atoms with Crippen LogP contribution in [-0.2, 0) is 4.79 Å². The van der Waals surface area contributed by atoms with E-state index in [1.165, 1.54) is 0 Å². The van der Waals surface area contributed by atoms with Crippen LogP contribution in [-0.4, -0.2) is 22.2 Å². The lowest BCUT2D eigenvalue weighted by Crippen LogP contribution is -2.24. The second-order valence-electron chi connectivity index (χ2n) is 4.69. The number of aryl methyl sites for hydroxylation is 1. The maximum absolute atomic E-state index is 12.2. The van der Waals surface area contributed by atoms with E-state index in [4.69, 9.17) is 5.73 Å². The molecule has 5 heteroatoms. The lowest BCUT2D eigenvalue weighted by atomic mass is 10.1.